The predicted molar refractivity (Wildman–Crippen MR) is 91.7 cm³/mol. The van der Waals surface area contributed by atoms with Gasteiger partial charge in [0.1, 0.15) is 0 Å². The number of nitrogens with zero attached hydrogens (tertiary/aromatic N) is 1. The maximum atomic E-state index is 9.14. The molecule has 0 bridgehead atoms. The van der Waals surface area contributed by atoms with Crippen LogP contribution in [-0.4, -0.2) is 0 Å². The van der Waals surface area contributed by atoms with Crippen molar-refractivity contribution < 1.29 is 0 Å². The maximum absolute atomic E-state index is 9.14. The van der Waals surface area contributed by atoms with Crippen molar-refractivity contribution in [3.05, 3.63) is 75.8 Å². The van der Waals surface area contributed by atoms with Gasteiger partial charge in [-0.25, -0.2) is 0 Å². The highest BCUT2D eigenvalue weighted by Gasteiger charge is 2.37. The number of hydrogen-bond acceptors (Lipinski definition) is 2. The minimum absolute atomic E-state index is 0.313. The van der Waals surface area contributed by atoms with Crippen LogP contribution < -0.4 is 5.32 Å². The van der Waals surface area contributed by atoms with Gasteiger partial charge in [0.25, 0.3) is 0 Å². The molecule has 2 nitrogen and oxygen atoms in total. The molecule has 0 spiro atoms. The van der Waals surface area contributed by atoms with Crippen molar-refractivity contribution >= 4 is 21.6 Å². The lowest BCUT2D eigenvalue weighted by molar-refractivity contribution is 0.425. The molecule has 3 heteroatoms. The molecular weight excluding hydrogens is 336 g/mol. The van der Waals surface area contributed by atoms with Crippen LogP contribution in [-0.2, 0) is 0 Å². The monoisotopic (exact) mass is 350 g/mol. The molecule has 22 heavy (non-hydrogen) atoms. The normalized spacial score (nSPS) is 25.0. The number of halogens is 1. The number of nitriles is 1. The Kier molecular flexibility index (Phi) is 3.28. The number of anilines is 1. The molecule has 2 aromatic rings. The summed E-state index contributed by atoms with van der Waals surface area (Å²) < 4.78 is 1.10. The first-order valence-corrected chi connectivity index (χ1v) is 8.28. The van der Waals surface area contributed by atoms with E-state index in [2.05, 4.69) is 63.7 Å². The van der Waals surface area contributed by atoms with E-state index < -0.39 is 0 Å². The summed E-state index contributed by atoms with van der Waals surface area (Å²) in [6.45, 7) is 0. The van der Waals surface area contributed by atoms with Crippen molar-refractivity contribution in [2.24, 2.45) is 5.92 Å². The molecule has 1 aliphatic heterocycles. The number of benzene rings is 2. The summed E-state index contributed by atoms with van der Waals surface area (Å²) >= 11 is 3.50. The summed E-state index contributed by atoms with van der Waals surface area (Å²) in [5.74, 6) is 0.917. The van der Waals surface area contributed by atoms with Crippen LogP contribution in [0.5, 0.6) is 0 Å². The van der Waals surface area contributed by atoms with E-state index in [0.29, 0.717) is 17.9 Å². The van der Waals surface area contributed by atoms with Crippen molar-refractivity contribution in [2.75, 3.05) is 5.32 Å². The fraction of sp³-hybridized carbons (Fsp3) is 0.211. The van der Waals surface area contributed by atoms with Crippen LogP contribution in [0.3, 0.4) is 0 Å². The molecule has 3 unspecified atom stereocenters. The third kappa shape index (κ3) is 2.15. The second-order valence-corrected chi connectivity index (χ2v) is 6.86. The van der Waals surface area contributed by atoms with E-state index in [1.807, 2.05) is 18.2 Å². The smallest absolute Gasteiger partial charge is 0.0991 e. The lowest BCUT2D eigenvalue weighted by Crippen LogP contribution is -2.29. The Hall–Kier alpha value is -2.05. The van der Waals surface area contributed by atoms with Crippen molar-refractivity contribution in [1.82, 2.24) is 0 Å². The van der Waals surface area contributed by atoms with Gasteiger partial charge in [0.15, 0.2) is 0 Å². The first kappa shape index (κ1) is 13.6. The molecule has 0 saturated heterocycles. The SMILES string of the molecule is N#Cc1ccc2c(c1)C1C=CCC1C(c1ccc(Br)cc1)N2. The van der Waals surface area contributed by atoms with Gasteiger partial charge in [-0.05, 0) is 53.8 Å². The number of nitrogens with one attached hydrogen (secondary N) is 1. The Morgan fingerprint density at radius 2 is 1.95 bits per heavy atom. The molecular formula is C19H15BrN2. The van der Waals surface area contributed by atoms with Crippen molar-refractivity contribution in [3.63, 3.8) is 0 Å². The number of allylic oxidation sites excluding steroid dienone is 2. The molecule has 1 N–H and O–H groups in total. The van der Waals surface area contributed by atoms with Gasteiger partial charge >= 0.3 is 0 Å². The van der Waals surface area contributed by atoms with E-state index >= 15 is 0 Å². The lowest BCUT2D eigenvalue weighted by Gasteiger charge is -2.37. The van der Waals surface area contributed by atoms with E-state index in [-0.39, 0.29) is 0 Å². The summed E-state index contributed by atoms with van der Waals surface area (Å²) in [6.07, 6.45) is 5.66. The summed E-state index contributed by atoms with van der Waals surface area (Å²) in [5, 5.41) is 12.8. The van der Waals surface area contributed by atoms with E-state index in [1.54, 1.807) is 0 Å². The quantitative estimate of drug-likeness (QED) is 0.722. The topological polar surface area (TPSA) is 35.8 Å². The zero-order valence-corrected chi connectivity index (χ0v) is 13.5. The Labute approximate surface area is 138 Å². The molecule has 2 aromatic carbocycles. The van der Waals surface area contributed by atoms with Crippen LogP contribution >= 0.6 is 15.9 Å². The van der Waals surface area contributed by atoms with Crippen molar-refractivity contribution in [1.29, 1.82) is 5.26 Å². The lowest BCUT2D eigenvalue weighted by atomic mass is 9.76. The fourth-order valence-electron chi connectivity index (χ4n) is 3.66. The van der Waals surface area contributed by atoms with E-state index in [0.717, 1.165) is 22.1 Å². The Balaban J connectivity index is 1.78. The molecule has 0 fully saturated rings. The molecule has 108 valence electrons. The highest BCUT2D eigenvalue weighted by atomic mass is 79.9. The van der Waals surface area contributed by atoms with E-state index in [1.165, 1.54) is 11.1 Å². The highest BCUT2D eigenvalue weighted by molar-refractivity contribution is 9.10. The Bertz CT molecular complexity index is 786. The largest absolute Gasteiger partial charge is 0.378 e. The highest BCUT2D eigenvalue weighted by Crippen LogP contribution is 2.49. The molecule has 4 rings (SSSR count). The molecule has 0 aromatic heterocycles. The van der Waals surface area contributed by atoms with Crippen LogP contribution in [0.1, 0.15) is 35.1 Å². The average Bonchev–Trinajstić information content (AvgIpc) is 3.04. The number of rotatable bonds is 1. The Morgan fingerprint density at radius 1 is 1.14 bits per heavy atom. The van der Waals surface area contributed by atoms with Crippen LogP contribution in [0.4, 0.5) is 5.69 Å². The third-order valence-electron chi connectivity index (χ3n) is 4.72. The average molecular weight is 351 g/mol. The van der Waals surface area contributed by atoms with Gasteiger partial charge in [-0.15, -0.1) is 0 Å². The van der Waals surface area contributed by atoms with Gasteiger partial charge in [0, 0.05) is 16.1 Å². The van der Waals surface area contributed by atoms with Crippen molar-refractivity contribution in [3.8, 4) is 6.07 Å². The number of fused-ring (bicyclic) bond motifs is 3. The summed E-state index contributed by atoms with van der Waals surface area (Å²) in [6, 6.07) is 17.1. The molecule has 1 heterocycles. The van der Waals surface area contributed by atoms with Gasteiger partial charge in [0.2, 0.25) is 0 Å². The summed E-state index contributed by atoms with van der Waals surface area (Å²) in [4.78, 5) is 0. The minimum atomic E-state index is 0.313. The third-order valence-corrected chi connectivity index (χ3v) is 5.25. The first-order valence-electron chi connectivity index (χ1n) is 7.49. The van der Waals surface area contributed by atoms with Crippen molar-refractivity contribution in [2.45, 2.75) is 18.4 Å². The maximum Gasteiger partial charge on any atom is 0.0991 e. The second-order valence-electron chi connectivity index (χ2n) is 5.94. The van der Waals surface area contributed by atoms with Crippen LogP contribution in [0.25, 0.3) is 0 Å². The molecule has 0 radical (unpaired) electrons. The minimum Gasteiger partial charge on any atom is -0.378 e. The van der Waals surface area contributed by atoms with Gasteiger partial charge in [-0.3, -0.25) is 0 Å². The molecule has 3 atom stereocenters. The standard InChI is InChI=1S/C19H15BrN2/c20-14-7-5-13(6-8-14)19-16-3-1-2-15(16)17-10-12(11-21)4-9-18(17)22-19/h1-2,4-10,15-16,19,22H,3H2. The van der Waals surface area contributed by atoms with Crippen LogP contribution in [0, 0.1) is 17.2 Å². The first-order chi connectivity index (χ1) is 10.8. The fourth-order valence-corrected chi connectivity index (χ4v) is 3.93. The van der Waals surface area contributed by atoms with E-state index in [4.69, 9.17) is 5.26 Å². The number of hydrogen-bond donors (Lipinski definition) is 1. The van der Waals surface area contributed by atoms with Crippen LogP contribution in [0.15, 0.2) is 59.1 Å². The van der Waals surface area contributed by atoms with Gasteiger partial charge in [0.05, 0.1) is 17.7 Å². The summed E-state index contributed by atoms with van der Waals surface area (Å²) in [5.41, 5.74) is 4.46. The Morgan fingerprint density at radius 3 is 2.73 bits per heavy atom. The molecule has 1 aliphatic carbocycles. The van der Waals surface area contributed by atoms with Crippen LogP contribution in [0.2, 0.25) is 0 Å². The second kappa shape index (κ2) is 5.30. The van der Waals surface area contributed by atoms with Gasteiger partial charge in [-0.1, -0.05) is 40.2 Å². The molecule has 0 saturated carbocycles. The van der Waals surface area contributed by atoms with Gasteiger partial charge in [-0.2, -0.15) is 5.26 Å². The van der Waals surface area contributed by atoms with E-state index in [9.17, 15) is 0 Å². The summed E-state index contributed by atoms with van der Waals surface area (Å²) in [7, 11) is 0. The zero-order chi connectivity index (χ0) is 15.1. The van der Waals surface area contributed by atoms with Gasteiger partial charge < -0.3 is 5.32 Å². The zero-order valence-electron chi connectivity index (χ0n) is 12.0. The molecule has 2 aliphatic rings. The predicted octanol–water partition coefficient (Wildman–Crippen LogP) is 5.15. The molecule has 0 amide bonds.